The van der Waals surface area contributed by atoms with E-state index in [-0.39, 0.29) is 24.0 Å². The summed E-state index contributed by atoms with van der Waals surface area (Å²) in [4.78, 5) is 9.77. The van der Waals surface area contributed by atoms with Crippen molar-refractivity contribution in [1.82, 2.24) is 24.9 Å². The lowest BCUT2D eigenvalue weighted by molar-refractivity contribution is 0.171. The van der Waals surface area contributed by atoms with E-state index in [2.05, 4.69) is 46.2 Å². The summed E-state index contributed by atoms with van der Waals surface area (Å²) in [6.07, 6.45) is 3.83. The van der Waals surface area contributed by atoms with Crippen molar-refractivity contribution in [3.63, 3.8) is 0 Å². The molecule has 31 heavy (non-hydrogen) atoms. The second-order valence-electron chi connectivity index (χ2n) is 7.98. The molecule has 2 aliphatic rings. The van der Waals surface area contributed by atoms with Gasteiger partial charge in [0.25, 0.3) is 0 Å². The maximum absolute atomic E-state index is 5.50. The first kappa shape index (κ1) is 23.6. The van der Waals surface area contributed by atoms with Crippen LogP contribution < -0.4 is 14.8 Å². The fourth-order valence-electron chi connectivity index (χ4n) is 3.87. The molecular weight excluding hydrogens is 507 g/mol. The predicted molar refractivity (Wildman–Crippen MR) is 132 cm³/mol. The highest BCUT2D eigenvalue weighted by atomic mass is 127. The van der Waals surface area contributed by atoms with E-state index in [0.29, 0.717) is 12.7 Å². The minimum Gasteiger partial charge on any atom is -0.454 e. The number of rotatable bonds is 7. The highest BCUT2D eigenvalue weighted by Gasteiger charge is 2.21. The summed E-state index contributed by atoms with van der Waals surface area (Å²) in [6, 6.07) is 8.20. The highest BCUT2D eigenvalue weighted by molar-refractivity contribution is 14.0. The van der Waals surface area contributed by atoms with E-state index in [1.54, 1.807) is 0 Å². The van der Waals surface area contributed by atoms with Gasteiger partial charge in [0.15, 0.2) is 17.5 Å². The maximum Gasteiger partial charge on any atom is 0.231 e. The Balaban J connectivity index is 0.00000272. The summed E-state index contributed by atoms with van der Waals surface area (Å²) in [5.74, 6) is 3.16. The Hall–Kier alpha value is -2.01. The number of hydrogen-bond acceptors (Lipinski definition) is 5. The monoisotopic (exact) mass is 540 g/mol. The summed E-state index contributed by atoms with van der Waals surface area (Å²) in [7, 11) is 0. The number of piperazine rings is 1. The quantitative estimate of drug-likeness (QED) is 0.331. The van der Waals surface area contributed by atoms with Crippen molar-refractivity contribution in [3.05, 3.63) is 42.2 Å². The van der Waals surface area contributed by atoms with E-state index in [9.17, 15) is 0 Å². The van der Waals surface area contributed by atoms with Crippen molar-refractivity contribution in [2.75, 3.05) is 46.1 Å². The molecule has 1 aromatic carbocycles. The third-order valence-electron chi connectivity index (χ3n) is 5.46. The molecule has 1 unspecified atom stereocenters. The molecule has 1 fully saturated rings. The molecule has 4 rings (SSSR count). The molecule has 170 valence electrons. The van der Waals surface area contributed by atoms with Gasteiger partial charge in [0, 0.05) is 64.8 Å². The molecule has 2 aliphatic heterocycles. The number of aromatic nitrogens is 2. The van der Waals surface area contributed by atoms with Gasteiger partial charge in [-0.2, -0.15) is 5.10 Å². The minimum atomic E-state index is 0. The standard InChI is InChI=1S/C22H32N6O2.HI/c1-3-23-22(24-14-18(2)15-28-8-4-7-25-28)27-11-9-26(10-12-27)16-19-5-6-20-21(13-19)30-17-29-20;/h4-8,13,18H,3,9-12,14-17H2,1-2H3,(H,23,24);1H. The van der Waals surface area contributed by atoms with E-state index in [1.807, 2.05) is 29.2 Å². The molecule has 9 heteroatoms. The third-order valence-corrected chi connectivity index (χ3v) is 5.46. The Kier molecular flexibility index (Phi) is 8.82. The van der Waals surface area contributed by atoms with E-state index in [4.69, 9.17) is 14.5 Å². The molecule has 1 saturated heterocycles. The zero-order chi connectivity index (χ0) is 20.8. The minimum absolute atomic E-state index is 0. The van der Waals surface area contributed by atoms with E-state index < -0.39 is 0 Å². The Bertz CT molecular complexity index is 837. The number of ether oxygens (including phenoxy) is 2. The number of fused-ring (bicyclic) bond motifs is 1. The molecule has 0 spiro atoms. The van der Waals surface area contributed by atoms with Gasteiger partial charge in [0.05, 0.1) is 0 Å². The van der Waals surface area contributed by atoms with Crippen LogP contribution in [0.4, 0.5) is 0 Å². The van der Waals surface area contributed by atoms with E-state index >= 15 is 0 Å². The molecule has 1 aromatic heterocycles. The van der Waals surface area contributed by atoms with Crippen LogP contribution in [-0.4, -0.2) is 71.6 Å². The van der Waals surface area contributed by atoms with Gasteiger partial charge in [-0.3, -0.25) is 14.6 Å². The lowest BCUT2D eigenvalue weighted by Crippen LogP contribution is -2.52. The van der Waals surface area contributed by atoms with Crippen LogP contribution in [0.2, 0.25) is 0 Å². The summed E-state index contributed by atoms with van der Waals surface area (Å²) >= 11 is 0. The van der Waals surface area contributed by atoms with Crippen LogP contribution in [0.1, 0.15) is 19.4 Å². The van der Waals surface area contributed by atoms with Crippen LogP contribution in [0.15, 0.2) is 41.7 Å². The van der Waals surface area contributed by atoms with E-state index in [1.165, 1.54) is 5.56 Å². The Morgan fingerprint density at radius 3 is 2.74 bits per heavy atom. The second kappa shape index (κ2) is 11.6. The zero-order valence-corrected chi connectivity index (χ0v) is 20.7. The van der Waals surface area contributed by atoms with Gasteiger partial charge in [0.1, 0.15) is 0 Å². The molecule has 3 heterocycles. The first-order chi connectivity index (χ1) is 14.7. The summed E-state index contributed by atoms with van der Waals surface area (Å²) < 4.78 is 12.9. The molecule has 0 aliphatic carbocycles. The average Bonchev–Trinajstić information content (AvgIpc) is 3.43. The number of guanidine groups is 1. The molecular formula is C22H33IN6O2. The number of aliphatic imine (C=N–C) groups is 1. The van der Waals surface area contributed by atoms with Gasteiger partial charge in [0.2, 0.25) is 6.79 Å². The number of nitrogens with zero attached hydrogens (tertiary/aromatic N) is 5. The van der Waals surface area contributed by atoms with E-state index in [0.717, 1.165) is 69.8 Å². The Morgan fingerprint density at radius 2 is 2.00 bits per heavy atom. The van der Waals surface area contributed by atoms with Crippen LogP contribution in [-0.2, 0) is 13.1 Å². The number of hydrogen-bond donors (Lipinski definition) is 1. The number of halogens is 1. The van der Waals surface area contributed by atoms with Gasteiger partial charge in [-0.05, 0) is 36.6 Å². The smallest absolute Gasteiger partial charge is 0.231 e. The SMILES string of the molecule is CCNC(=NCC(C)Cn1cccn1)N1CCN(Cc2ccc3c(c2)OCO3)CC1.I. The zero-order valence-electron chi connectivity index (χ0n) is 18.4. The van der Waals surface area contributed by atoms with Crippen molar-refractivity contribution in [2.24, 2.45) is 10.9 Å². The van der Waals surface area contributed by atoms with Gasteiger partial charge in [-0.25, -0.2) is 0 Å². The predicted octanol–water partition coefficient (Wildman–Crippen LogP) is 2.65. The normalized spacial score (nSPS) is 17.4. The molecule has 8 nitrogen and oxygen atoms in total. The highest BCUT2D eigenvalue weighted by Crippen LogP contribution is 2.32. The summed E-state index contributed by atoms with van der Waals surface area (Å²) in [5.41, 5.74) is 1.26. The van der Waals surface area contributed by atoms with Gasteiger partial charge < -0.3 is 19.7 Å². The average molecular weight is 540 g/mol. The van der Waals surface area contributed by atoms with Crippen molar-refractivity contribution in [2.45, 2.75) is 26.9 Å². The van der Waals surface area contributed by atoms with Crippen molar-refractivity contribution in [1.29, 1.82) is 0 Å². The first-order valence-electron chi connectivity index (χ1n) is 10.8. The van der Waals surface area contributed by atoms with Crippen molar-refractivity contribution in [3.8, 4) is 11.5 Å². The molecule has 0 saturated carbocycles. The molecule has 0 bridgehead atoms. The van der Waals surface area contributed by atoms with Crippen molar-refractivity contribution >= 4 is 29.9 Å². The Morgan fingerprint density at radius 1 is 1.19 bits per heavy atom. The number of nitrogens with one attached hydrogen (secondary N) is 1. The van der Waals surface area contributed by atoms with Crippen LogP contribution in [0.3, 0.4) is 0 Å². The fraction of sp³-hybridized carbons (Fsp3) is 0.545. The van der Waals surface area contributed by atoms with Crippen LogP contribution in [0.5, 0.6) is 11.5 Å². The topological polar surface area (TPSA) is 67.2 Å². The third kappa shape index (κ3) is 6.49. The van der Waals surface area contributed by atoms with Gasteiger partial charge in [-0.1, -0.05) is 13.0 Å². The molecule has 1 atom stereocenters. The lowest BCUT2D eigenvalue weighted by atomic mass is 10.1. The van der Waals surface area contributed by atoms with Crippen LogP contribution in [0.25, 0.3) is 0 Å². The van der Waals surface area contributed by atoms with Crippen molar-refractivity contribution < 1.29 is 9.47 Å². The summed E-state index contributed by atoms with van der Waals surface area (Å²) in [6.45, 7) is 12.1. The fourth-order valence-corrected chi connectivity index (χ4v) is 3.87. The van der Waals surface area contributed by atoms with Gasteiger partial charge >= 0.3 is 0 Å². The molecule has 2 aromatic rings. The van der Waals surface area contributed by atoms with Crippen LogP contribution >= 0.6 is 24.0 Å². The molecule has 1 N–H and O–H groups in total. The maximum atomic E-state index is 5.50. The molecule has 0 amide bonds. The first-order valence-corrected chi connectivity index (χ1v) is 10.8. The molecule has 0 radical (unpaired) electrons. The number of benzene rings is 1. The van der Waals surface area contributed by atoms with Gasteiger partial charge in [-0.15, -0.1) is 24.0 Å². The lowest BCUT2D eigenvalue weighted by Gasteiger charge is -2.36. The largest absolute Gasteiger partial charge is 0.454 e. The second-order valence-corrected chi connectivity index (χ2v) is 7.98. The van der Waals surface area contributed by atoms with Crippen LogP contribution in [0, 0.1) is 5.92 Å². The summed E-state index contributed by atoms with van der Waals surface area (Å²) in [5, 5.41) is 7.76. The Labute approximate surface area is 201 Å².